The molecule has 0 spiro atoms. The summed E-state index contributed by atoms with van der Waals surface area (Å²) in [6.45, 7) is 11.7. The summed E-state index contributed by atoms with van der Waals surface area (Å²) in [5.74, 6) is 1.81. The van der Waals surface area contributed by atoms with Crippen LogP contribution in [0.4, 0.5) is 0 Å². The maximum absolute atomic E-state index is 3.51. The number of nitrogens with one attached hydrogen (secondary N) is 1. The lowest BCUT2D eigenvalue weighted by atomic mass is 9.88. The highest BCUT2D eigenvalue weighted by Gasteiger charge is 2.09. The third kappa shape index (κ3) is 8.92. The van der Waals surface area contributed by atoms with Gasteiger partial charge in [0.1, 0.15) is 0 Å². The van der Waals surface area contributed by atoms with Crippen LogP contribution < -0.4 is 5.32 Å². The van der Waals surface area contributed by atoms with Crippen LogP contribution in [0.5, 0.6) is 0 Å². The normalized spacial score (nSPS) is 13.4. The van der Waals surface area contributed by atoms with Gasteiger partial charge in [-0.25, -0.2) is 0 Å². The van der Waals surface area contributed by atoms with Gasteiger partial charge in [0.2, 0.25) is 0 Å². The molecular formula is C14H31N. The molecule has 1 heteroatoms. The summed E-state index contributed by atoms with van der Waals surface area (Å²) in [6.07, 6.45) is 8.15. The first-order chi connectivity index (χ1) is 7.22. The fourth-order valence-electron chi connectivity index (χ4n) is 2.09. The summed E-state index contributed by atoms with van der Waals surface area (Å²) in [5.41, 5.74) is 0. The molecule has 1 unspecified atom stereocenters. The predicted molar refractivity (Wildman–Crippen MR) is 70.2 cm³/mol. The van der Waals surface area contributed by atoms with E-state index in [0.29, 0.717) is 0 Å². The van der Waals surface area contributed by atoms with Gasteiger partial charge in [-0.15, -0.1) is 0 Å². The van der Waals surface area contributed by atoms with Gasteiger partial charge in [0.05, 0.1) is 0 Å². The van der Waals surface area contributed by atoms with E-state index in [2.05, 4.69) is 33.0 Å². The van der Waals surface area contributed by atoms with Crippen molar-refractivity contribution in [2.24, 2.45) is 11.8 Å². The molecule has 0 aliphatic carbocycles. The highest BCUT2D eigenvalue weighted by atomic mass is 14.8. The molecule has 15 heavy (non-hydrogen) atoms. The molecule has 0 bridgehead atoms. The minimum atomic E-state index is 0.864. The third-order valence-electron chi connectivity index (χ3n) is 3.35. The second-order valence-electron chi connectivity index (χ2n) is 5.01. The van der Waals surface area contributed by atoms with Crippen LogP contribution in [0.25, 0.3) is 0 Å². The summed E-state index contributed by atoms with van der Waals surface area (Å²) in [7, 11) is 0. The van der Waals surface area contributed by atoms with Crippen LogP contribution in [-0.2, 0) is 0 Å². The summed E-state index contributed by atoms with van der Waals surface area (Å²) in [6, 6.07) is 0. The Balaban J connectivity index is 3.22. The van der Waals surface area contributed by atoms with Crippen LogP contribution >= 0.6 is 0 Å². The first-order valence-electron chi connectivity index (χ1n) is 6.93. The van der Waals surface area contributed by atoms with Gasteiger partial charge >= 0.3 is 0 Å². The zero-order valence-corrected chi connectivity index (χ0v) is 11.3. The van der Waals surface area contributed by atoms with Crippen molar-refractivity contribution >= 4 is 0 Å². The van der Waals surface area contributed by atoms with Gasteiger partial charge in [0.25, 0.3) is 0 Å². The molecule has 1 atom stereocenters. The van der Waals surface area contributed by atoms with Crippen LogP contribution in [0, 0.1) is 11.8 Å². The van der Waals surface area contributed by atoms with E-state index in [1.165, 1.54) is 51.6 Å². The Labute approximate surface area is 97.0 Å². The smallest absolute Gasteiger partial charge is 0.00489 e. The predicted octanol–water partition coefficient (Wildman–Crippen LogP) is 4.23. The molecule has 0 amide bonds. The van der Waals surface area contributed by atoms with E-state index < -0.39 is 0 Å². The molecule has 0 aliphatic heterocycles. The van der Waals surface area contributed by atoms with Crippen LogP contribution in [0.2, 0.25) is 0 Å². The first-order valence-corrected chi connectivity index (χ1v) is 6.93. The molecular weight excluding hydrogens is 182 g/mol. The fraction of sp³-hybridized carbons (Fsp3) is 1.00. The summed E-state index contributed by atoms with van der Waals surface area (Å²) in [4.78, 5) is 0. The van der Waals surface area contributed by atoms with Gasteiger partial charge in [0.15, 0.2) is 0 Å². The van der Waals surface area contributed by atoms with Gasteiger partial charge in [-0.05, 0) is 37.8 Å². The molecule has 0 aliphatic rings. The van der Waals surface area contributed by atoms with Gasteiger partial charge in [-0.1, -0.05) is 53.4 Å². The van der Waals surface area contributed by atoms with E-state index in [4.69, 9.17) is 0 Å². The summed E-state index contributed by atoms with van der Waals surface area (Å²) in [5, 5.41) is 3.51. The molecule has 0 rings (SSSR count). The average Bonchev–Trinajstić information content (AvgIpc) is 2.21. The molecule has 0 saturated heterocycles. The quantitative estimate of drug-likeness (QED) is 0.536. The third-order valence-corrected chi connectivity index (χ3v) is 3.35. The van der Waals surface area contributed by atoms with E-state index in [9.17, 15) is 0 Å². The molecule has 0 aromatic heterocycles. The van der Waals surface area contributed by atoms with Crippen LogP contribution in [-0.4, -0.2) is 13.1 Å². The number of unbranched alkanes of at least 4 members (excludes halogenated alkanes) is 2. The van der Waals surface area contributed by atoms with Crippen LogP contribution in [0.3, 0.4) is 0 Å². The number of hydrogen-bond donors (Lipinski definition) is 1. The van der Waals surface area contributed by atoms with Crippen molar-refractivity contribution in [1.82, 2.24) is 5.32 Å². The standard InChI is InChI=1S/C14H31N/c1-5-7-11-15-12-9-8-10-14(6-2)13(3)4/h13-15H,5-12H2,1-4H3. The van der Waals surface area contributed by atoms with Crippen molar-refractivity contribution < 1.29 is 0 Å². The van der Waals surface area contributed by atoms with Crippen molar-refractivity contribution in [3.8, 4) is 0 Å². The van der Waals surface area contributed by atoms with E-state index in [-0.39, 0.29) is 0 Å². The second kappa shape index (κ2) is 10.5. The lowest BCUT2D eigenvalue weighted by Gasteiger charge is -2.18. The maximum Gasteiger partial charge on any atom is -0.00489 e. The number of rotatable bonds is 10. The molecule has 0 heterocycles. The monoisotopic (exact) mass is 213 g/mol. The summed E-state index contributed by atoms with van der Waals surface area (Å²) >= 11 is 0. The Morgan fingerprint density at radius 1 is 0.933 bits per heavy atom. The van der Waals surface area contributed by atoms with Gasteiger partial charge in [-0.2, -0.15) is 0 Å². The Bertz CT molecular complexity index is 121. The largest absolute Gasteiger partial charge is 0.317 e. The fourth-order valence-corrected chi connectivity index (χ4v) is 2.09. The van der Waals surface area contributed by atoms with Crippen molar-refractivity contribution in [2.45, 2.75) is 66.2 Å². The molecule has 0 radical (unpaired) electrons. The molecule has 0 aromatic rings. The lowest BCUT2D eigenvalue weighted by Crippen LogP contribution is -2.17. The Hall–Kier alpha value is -0.0400. The highest BCUT2D eigenvalue weighted by molar-refractivity contribution is 4.61. The molecule has 1 nitrogen and oxygen atoms in total. The Morgan fingerprint density at radius 2 is 1.60 bits per heavy atom. The van der Waals surface area contributed by atoms with E-state index >= 15 is 0 Å². The van der Waals surface area contributed by atoms with Crippen LogP contribution in [0.15, 0.2) is 0 Å². The second-order valence-corrected chi connectivity index (χ2v) is 5.01. The topological polar surface area (TPSA) is 12.0 Å². The minimum Gasteiger partial charge on any atom is -0.317 e. The van der Waals surface area contributed by atoms with Crippen molar-refractivity contribution in [2.75, 3.05) is 13.1 Å². The summed E-state index contributed by atoms with van der Waals surface area (Å²) < 4.78 is 0. The number of hydrogen-bond acceptors (Lipinski definition) is 1. The van der Waals surface area contributed by atoms with E-state index in [1.807, 2.05) is 0 Å². The van der Waals surface area contributed by atoms with Gasteiger partial charge in [0, 0.05) is 0 Å². The van der Waals surface area contributed by atoms with E-state index in [1.54, 1.807) is 0 Å². The first kappa shape index (κ1) is 15.0. The maximum atomic E-state index is 3.51. The SMILES string of the molecule is CCCCNCCCCC(CC)C(C)C. The lowest BCUT2D eigenvalue weighted by molar-refractivity contribution is 0.336. The van der Waals surface area contributed by atoms with Crippen LogP contribution in [0.1, 0.15) is 66.2 Å². The van der Waals surface area contributed by atoms with Gasteiger partial charge in [-0.3, -0.25) is 0 Å². The van der Waals surface area contributed by atoms with Crippen molar-refractivity contribution in [1.29, 1.82) is 0 Å². The zero-order valence-electron chi connectivity index (χ0n) is 11.3. The van der Waals surface area contributed by atoms with Crippen molar-refractivity contribution in [3.63, 3.8) is 0 Å². The molecule has 0 fully saturated rings. The zero-order chi connectivity index (χ0) is 11.5. The Morgan fingerprint density at radius 3 is 2.13 bits per heavy atom. The van der Waals surface area contributed by atoms with Gasteiger partial charge < -0.3 is 5.32 Å². The van der Waals surface area contributed by atoms with E-state index in [0.717, 1.165) is 11.8 Å². The molecule has 1 N–H and O–H groups in total. The molecule has 92 valence electrons. The highest BCUT2D eigenvalue weighted by Crippen LogP contribution is 2.20. The molecule has 0 saturated carbocycles. The molecule has 0 aromatic carbocycles. The minimum absolute atomic E-state index is 0.864. The Kier molecular flexibility index (Phi) is 10.4. The van der Waals surface area contributed by atoms with Crippen molar-refractivity contribution in [3.05, 3.63) is 0 Å². The average molecular weight is 213 g/mol.